The van der Waals surface area contributed by atoms with Gasteiger partial charge < -0.3 is 15.7 Å². The topological polar surface area (TPSA) is 61.4 Å². The number of benzene rings is 1. The molecule has 4 nitrogen and oxygen atoms in total. The Bertz CT molecular complexity index is 405. The average molecular weight is 292 g/mol. The fraction of sp³-hybridized carbons (Fsp3) is 0.588. The molecule has 4 heteroatoms. The second-order valence-corrected chi connectivity index (χ2v) is 6.20. The summed E-state index contributed by atoms with van der Waals surface area (Å²) in [6, 6.07) is 10.2. The van der Waals surface area contributed by atoms with Crippen molar-refractivity contribution in [3.63, 3.8) is 0 Å². The smallest absolute Gasteiger partial charge is 0.314 e. The Balaban J connectivity index is 2.01. The van der Waals surface area contributed by atoms with Gasteiger partial charge in [0, 0.05) is 19.7 Å². The van der Waals surface area contributed by atoms with Gasteiger partial charge in [-0.1, -0.05) is 44.2 Å². The molecule has 0 radical (unpaired) electrons. The predicted molar refractivity (Wildman–Crippen MR) is 86.3 cm³/mol. The second-order valence-electron chi connectivity index (χ2n) is 6.20. The van der Waals surface area contributed by atoms with Crippen LogP contribution in [0.15, 0.2) is 30.3 Å². The monoisotopic (exact) mass is 292 g/mol. The van der Waals surface area contributed by atoms with E-state index in [0.29, 0.717) is 13.1 Å². The highest BCUT2D eigenvalue weighted by atomic mass is 16.3. The summed E-state index contributed by atoms with van der Waals surface area (Å²) in [5.41, 5.74) is 1.24. The van der Waals surface area contributed by atoms with Crippen molar-refractivity contribution in [1.29, 1.82) is 0 Å². The molecule has 0 aliphatic rings. The van der Waals surface area contributed by atoms with Gasteiger partial charge in [0.25, 0.3) is 0 Å². The third kappa shape index (κ3) is 8.35. The van der Waals surface area contributed by atoms with Gasteiger partial charge >= 0.3 is 6.03 Å². The van der Waals surface area contributed by atoms with Gasteiger partial charge in [0.1, 0.15) is 0 Å². The highest BCUT2D eigenvalue weighted by Crippen LogP contribution is 2.20. The van der Waals surface area contributed by atoms with Crippen molar-refractivity contribution < 1.29 is 9.90 Å². The van der Waals surface area contributed by atoms with E-state index >= 15 is 0 Å². The molecule has 0 heterocycles. The van der Waals surface area contributed by atoms with E-state index in [0.717, 1.165) is 25.7 Å². The summed E-state index contributed by atoms with van der Waals surface area (Å²) in [6.45, 7) is 5.56. The van der Waals surface area contributed by atoms with Crippen LogP contribution in [0.4, 0.5) is 4.79 Å². The normalized spacial score (nSPS) is 11.2. The lowest BCUT2D eigenvalue weighted by molar-refractivity contribution is 0.148. The summed E-state index contributed by atoms with van der Waals surface area (Å²) in [5.74, 6) is 0. The first kappa shape index (κ1) is 17.5. The summed E-state index contributed by atoms with van der Waals surface area (Å²) < 4.78 is 0. The molecule has 2 amide bonds. The third-order valence-corrected chi connectivity index (χ3v) is 3.51. The lowest BCUT2D eigenvalue weighted by Gasteiger charge is -2.21. The van der Waals surface area contributed by atoms with E-state index in [1.807, 2.05) is 32.0 Å². The number of hydrogen-bond donors (Lipinski definition) is 3. The van der Waals surface area contributed by atoms with E-state index in [1.54, 1.807) is 0 Å². The molecule has 21 heavy (non-hydrogen) atoms. The minimum atomic E-state index is -0.107. The van der Waals surface area contributed by atoms with Crippen molar-refractivity contribution in [2.45, 2.75) is 39.5 Å². The number of carbonyl (C=O) groups excluding carboxylic acids is 1. The van der Waals surface area contributed by atoms with Gasteiger partial charge in [0.2, 0.25) is 0 Å². The standard InChI is InChI=1S/C17H28N2O2/c1-17(2,14-20)11-7-13-19-16(21)18-12-6-10-15-8-4-3-5-9-15/h3-5,8-9,20H,6-7,10-14H2,1-2H3,(H2,18,19,21). The molecular formula is C17H28N2O2. The van der Waals surface area contributed by atoms with Crippen LogP contribution >= 0.6 is 0 Å². The SMILES string of the molecule is CC(C)(CO)CCCNC(=O)NCCCc1ccccc1. The first-order valence-electron chi connectivity index (χ1n) is 7.70. The van der Waals surface area contributed by atoms with E-state index in [2.05, 4.69) is 22.8 Å². The van der Waals surface area contributed by atoms with Gasteiger partial charge in [-0.15, -0.1) is 0 Å². The van der Waals surface area contributed by atoms with Crippen LogP contribution in [0.5, 0.6) is 0 Å². The fourth-order valence-electron chi connectivity index (χ4n) is 2.05. The van der Waals surface area contributed by atoms with Gasteiger partial charge in [-0.2, -0.15) is 0 Å². The maximum Gasteiger partial charge on any atom is 0.314 e. The molecule has 0 saturated heterocycles. The van der Waals surface area contributed by atoms with Crippen LogP contribution in [0.1, 0.15) is 38.7 Å². The van der Waals surface area contributed by atoms with Gasteiger partial charge in [-0.3, -0.25) is 0 Å². The summed E-state index contributed by atoms with van der Waals surface area (Å²) in [7, 11) is 0. The Labute approximate surface area is 128 Å². The molecule has 0 spiro atoms. The Morgan fingerprint density at radius 3 is 2.33 bits per heavy atom. The number of amides is 2. The molecule has 0 bridgehead atoms. The van der Waals surface area contributed by atoms with Crippen molar-refractivity contribution in [3.05, 3.63) is 35.9 Å². The summed E-state index contributed by atoms with van der Waals surface area (Å²) >= 11 is 0. The number of carbonyl (C=O) groups is 1. The summed E-state index contributed by atoms with van der Waals surface area (Å²) in [5, 5.41) is 14.9. The Morgan fingerprint density at radius 2 is 1.71 bits per heavy atom. The highest BCUT2D eigenvalue weighted by molar-refractivity contribution is 5.73. The van der Waals surface area contributed by atoms with E-state index < -0.39 is 0 Å². The largest absolute Gasteiger partial charge is 0.396 e. The molecule has 0 aliphatic carbocycles. The quantitative estimate of drug-likeness (QED) is 0.613. The van der Waals surface area contributed by atoms with Crippen LogP contribution in [-0.2, 0) is 6.42 Å². The van der Waals surface area contributed by atoms with E-state index in [-0.39, 0.29) is 18.1 Å². The lowest BCUT2D eigenvalue weighted by atomic mass is 9.89. The van der Waals surface area contributed by atoms with E-state index in [9.17, 15) is 4.79 Å². The molecule has 0 unspecified atom stereocenters. The number of rotatable bonds is 9. The van der Waals surface area contributed by atoms with Crippen molar-refractivity contribution in [2.75, 3.05) is 19.7 Å². The lowest BCUT2D eigenvalue weighted by Crippen LogP contribution is -2.37. The second kappa shape index (κ2) is 9.40. The number of aliphatic hydroxyl groups is 1. The van der Waals surface area contributed by atoms with Crippen LogP contribution in [0.2, 0.25) is 0 Å². The molecule has 0 aromatic heterocycles. The van der Waals surface area contributed by atoms with Gasteiger partial charge in [0.05, 0.1) is 0 Å². The fourth-order valence-corrected chi connectivity index (χ4v) is 2.05. The van der Waals surface area contributed by atoms with Crippen LogP contribution in [0, 0.1) is 5.41 Å². The molecule has 0 aliphatic heterocycles. The van der Waals surface area contributed by atoms with Crippen LogP contribution in [0.25, 0.3) is 0 Å². The Kier molecular flexibility index (Phi) is 7.83. The minimum Gasteiger partial charge on any atom is -0.396 e. The van der Waals surface area contributed by atoms with Gasteiger partial charge in [-0.25, -0.2) is 4.79 Å². The molecule has 0 atom stereocenters. The number of aryl methyl sites for hydroxylation is 1. The first-order valence-corrected chi connectivity index (χ1v) is 7.70. The third-order valence-electron chi connectivity index (χ3n) is 3.51. The van der Waals surface area contributed by atoms with Crippen LogP contribution in [0.3, 0.4) is 0 Å². The molecule has 1 rings (SSSR count). The average Bonchev–Trinajstić information content (AvgIpc) is 2.49. The minimum absolute atomic E-state index is 0.0617. The number of urea groups is 1. The van der Waals surface area contributed by atoms with Crippen molar-refractivity contribution in [2.24, 2.45) is 5.41 Å². The zero-order valence-corrected chi connectivity index (χ0v) is 13.2. The van der Waals surface area contributed by atoms with Crippen LogP contribution < -0.4 is 10.6 Å². The van der Waals surface area contributed by atoms with E-state index in [1.165, 1.54) is 5.56 Å². The van der Waals surface area contributed by atoms with Gasteiger partial charge in [0.15, 0.2) is 0 Å². The maximum atomic E-state index is 11.6. The van der Waals surface area contributed by atoms with Gasteiger partial charge in [-0.05, 0) is 36.7 Å². The molecule has 0 saturated carbocycles. The number of hydrogen-bond acceptors (Lipinski definition) is 2. The number of nitrogens with one attached hydrogen (secondary N) is 2. The van der Waals surface area contributed by atoms with Crippen molar-refractivity contribution in [3.8, 4) is 0 Å². The number of aliphatic hydroxyl groups excluding tert-OH is 1. The van der Waals surface area contributed by atoms with Crippen molar-refractivity contribution >= 4 is 6.03 Å². The van der Waals surface area contributed by atoms with E-state index in [4.69, 9.17) is 5.11 Å². The molecular weight excluding hydrogens is 264 g/mol. The first-order chi connectivity index (χ1) is 10.0. The molecule has 1 aromatic carbocycles. The molecule has 1 aromatic rings. The van der Waals surface area contributed by atoms with Crippen molar-refractivity contribution in [1.82, 2.24) is 10.6 Å². The summed E-state index contributed by atoms with van der Waals surface area (Å²) in [6.07, 6.45) is 3.70. The molecule has 118 valence electrons. The maximum absolute atomic E-state index is 11.6. The van der Waals surface area contributed by atoms with Crippen LogP contribution in [-0.4, -0.2) is 30.8 Å². The zero-order valence-electron chi connectivity index (χ0n) is 13.2. The Hall–Kier alpha value is -1.55. The highest BCUT2D eigenvalue weighted by Gasteiger charge is 2.15. The molecule has 3 N–H and O–H groups in total. The zero-order chi connectivity index (χ0) is 15.6. The predicted octanol–water partition coefficient (Wildman–Crippen LogP) is 2.72. The molecule has 0 fully saturated rings. The Morgan fingerprint density at radius 1 is 1.10 bits per heavy atom. The summed E-state index contributed by atoms with van der Waals surface area (Å²) in [4.78, 5) is 11.6.